The van der Waals surface area contributed by atoms with E-state index < -0.39 is 0 Å². The van der Waals surface area contributed by atoms with Crippen LogP contribution in [0.15, 0.2) is 23.8 Å². The van der Waals surface area contributed by atoms with E-state index in [1.54, 1.807) is 4.88 Å². The SMILES string of the molecule is CC1=Cc2c(sc3ccc(C)cc23)CC1. The number of benzene rings is 1. The van der Waals surface area contributed by atoms with Gasteiger partial charge in [0.25, 0.3) is 0 Å². The maximum Gasteiger partial charge on any atom is 0.0352 e. The summed E-state index contributed by atoms with van der Waals surface area (Å²) in [5.74, 6) is 0. The van der Waals surface area contributed by atoms with Crippen LogP contribution in [-0.4, -0.2) is 0 Å². The van der Waals surface area contributed by atoms with E-state index in [9.17, 15) is 0 Å². The molecule has 0 saturated heterocycles. The van der Waals surface area contributed by atoms with Crippen LogP contribution in [0.4, 0.5) is 0 Å². The zero-order valence-corrected chi connectivity index (χ0v) is 9.95. The Morgan fingerprint density at radius 2 is 2.00 bits per heavy atom. The number of thiophene rings is 1. The van der Waals surface area contributed by atoms with Crippen molar-refractivity contribution in [3.8, 4) is 0 Å². The van der Waals surface area contributed by atoms with Crippen LogP contribution in [0.25, 0.3) is 16.2 Å². The van der Waals surface area contributed by atoms with E-state index in [2.05, 4.69) is 38.1 Å². The molecule has 0 nitrogen and oxygen atoms in total. The van der Waals surface area contributed by atoms with E-state index in [0.29, 0.717) is 0 Å². The molecule has 0 saturated carbocycles. The van der Waals surface area contributed by atoms with E-state index in [-0.39, 0.29) is 0 Å². The molecule has 0 amide bonds. The summed E-state index contributed by atoms with van der Waals surface area (Å²) in [6, 6.07) is 6.79. The van der Waals surface area contributed by atoms with E-state index in [1.807, 2.05) is 11.3 Å². The van der Waals surface area contributed by atoms with Crippen LogP contribution >= 0.6 is 11.3 Å². The van der Waals surface area contributed by atoms with Crippen LogP contribution in [0.1, 0.15) is 29.3 Å². The van der Waals surface area contributed by atoms with Gasteiger partial charge in [-0.15, -0.1) is 11.3 Å². The van der Waals surface area contributed by atoms with E-state index in [0.717, 1.165) is 0 Å². The predicted molar refractivity (Wildman–Crippen MR) is 68.5 cm³/mol. The minimum Gasteiger partial charge on any atom is -0.140 e. The van der Waals surface area contributed by atoms with Gasteiger partial charge in [0.05, 0.1) is 0 Å². The summed E-state index contributed by atoms with van der Waals surface area (Å²) in [4.78, 5) is 1.57. The minimum atomic E-state index is 1.23. The van der Waals surface area contributed by atoms with E-state index >= 15 is 0 Å². The zero-order chi connectivity index (χ0) is 10.4. The van der Waals surface area contributed by atoms with Gasteiger partial charge in [-0.1, -0.05) is 23.3 Å². The lowest BCUT2D eigenvalue weighted by molar-refractivity contribution is 0.950. The third-order valence-electron chi connectivity index (χ3n) is 3.10. The topological polar surface area (TPSA) is 0 Å². The highest BCUT2D eigenvalue weighted by atomic mass is 32.1. The lowest BCUT2D eigenvalue weighted by atomic mass is 9.97. The molecule has 3 rings (SSSR count). The average molecular weight is 214 g/mol. The molecule has 0 radical (unpaired) electrons. The second kappa shape index (κ2) is 3.21. The molecule has 15 heavy (non-hydrogen) atoms. The Balaban J connectivity index is 2.36. The van der Waals surface area contributed by atoms with Crippen molar-refractivity contribution in [3.63, 3.8) is 0 Å². The summed E-state index contributed by atoms with van der Waals surface area (Å²) in [5.41, 5.74) is 4.37. The van der Waals surface area contributed by atoms with E-state index in [4.69, 9.17) is 0 Å². The molecule has 1 aliphatic carbocycles. The molecular weight excluding hydrogens is 200 g/mol. The third kappa shape index (κ3) is 1.42. The van der Waals surface area contributed by atoms with Gasteiger partial charge in [-0.2, -0.15) is 0 Å². The highest BCUT2D eigenvalue weighted by Crippen LogP contribution is 2.37. The maximum absolute atomic E-state index is 2.37. The third-order valence-corrected chi connectivity index (χ3v) is 4.34. The second-order valence-corrected chi connectivity index (χ2v) is 5.57. The molecular formula is C14H14S. The molecule has 2 aromatic rings. The lowest BCUT2D eigenvalue weighted by Crippen LogP contribution is -1.92. The zero-order valence-electron chi connectivity index (χ0n) is 9.13. The highest BCUT2D eigenvalue weighted by Gasteiger charge is 2.14. The fourth-order valence-corrected chi connectivity index (χ4v) is 3.42. The molecule has 0 bridgehead atoms. The normalized spacial score (nSPS) is 15.2. The summed E-state index contributed by atoms with van der Waals surface area (Å²) in [6.45, 7) is 4.41. The van der Waals surface area contributed by atoms with Gasteiger partial charge in [-0.25, -0.2) is 0 Å². The van der Waals surface area contributed by atoms with Crippen LogP contribution in [0.3, 0.4) is 0 Å². The molecule has 0 aliphatic heterocycles. The van der Waals surface area contributed by atoms with Crippen LogP contribution in [0.5, 0.6) is 0 Å². The first-order valence-electron chi connectivity index (χ1n) is 5.43. The number of hydrogen-bond donors (Lipinski definition) is 0. The fraction of sp³-hybridized carbons (Fsp3) is 0.286. The number of rotatable bonds is 0. The Bertz CT molecular complexity index is 558. The van der Waals surface area contributed by atoms with Crippen LogP contribution in [-0.2, 0) is 6.42 Å². The summed E-state index contributed by atoms with van der Waals surface area (Å²) < 4.78 is 1.44. The van der Waals surface area contributed by atoms with Crippen molar-refractivity contribution in [1.82, 2.24) is 0 Å². The number of fused-ring (bicyclic) bond motifs is 3. The summed E-state index contributed by atoms with van der Waals surface area (Å²) >= 11 is 1.97. The Hall–Kier alpha value is -1.08. The van der Waals surface area contributed by atoms with Crippen LogP contribution in [0.2, 0.25) is 0 Å². The number of allylic oxidation sites excluding steroid dienone is 1. The van der Waals surface area contributed by atoms with E-state index in [1.165, 1.54) is 39.6 Å². The molecule has 0 spiro atoms. The quantitative estimate of drug-likeness (QED) is 0.603. The fourth-order valence-electron chi connectivity index (χ4n) is 2.25. The van der Waals surface area contributed by atoms with Gasteiger partial charge in [0.1, 0.15) is 0 Å². The minimum absolute atomic E-state index is 1.23. The largest absolute Gasteiger partial charge is 0.140 e. The molecule has 1 heteroatoms. The van der Waals surface area contributed by atoms with Crippen molar-refractivity contribution in [2.24, 2.45) is 0 Å². The van der Waals surface area contributed by atoms with Gasteiger partial charge in [0, 0.05) is 15.0 Å². The molecule has 0 fully saturated rings. The van der Waals surface area contributed by atoms with Gasteiger partial charge in [-0.3, -0.25) is 0 Å². The lowest BCUT2D eigenvalue weighted by Gasteiger charge is -2.09. The number of hydrogen-bond acceptors (Lipinski definition) is 1. The average Bonchev–Trinajstić information content (AvgIpc) is 2.56. The summed E-state index contributed by atoms with van der Waals surface area (Å²) in [6.07, 6.45) is 4.84. The van der Waals surface area contributed by atoms with Crippen molar-refractivity contribution >= 4 is 27.5 Å². The van der Waals surface area contributed by atoms with Crippen molar-refractivity contribution in [2.45, 2.75) is 26.7 Å². The van der Waals surface area contributed by atoms with Crippen molar-refractivity contribution in [2.75, 3.05) is 0 Å². The van der Waals surface area contributed by atoms with Gasteiger partial charge in [0.15, 0.2) is 0 Å². The highest BCUT2D eigenvalue weighted by molar-refractivity contribution is 7.19. The molecule has 1 aromatic carbocycles. The predicted octanol–water partition coefficient (Wildman–Crippen LogP) is 4.56. The number of aryl methyl sites for hydroxylation is 2. The summed E-state index contributed by atoms with van der Waals surface area (Å²) in [7, 11) is 0. The van der Waals surface area contributed by atoms with Gasteiger partial charge < -0.3 is 0 Å². The van der Waals surface area contributed by atoms with Crippen molar-refractivity contribution in [3.05, 3.63) is 39.8 Å². The first-order chi connectivity index (χ1) is 7.24. The Labute approximate surface area is 94.2 Å². The Kier molecular flexibility index (Phi) is 1.96. The Morgan fingerprint density at radius 1 is 1.13 bits per heavy atom. The monoisotopic (exact) mass is 214 g/mol. The molecule has 1 heterocycles. The smallest absolute Gasteiger partial charge is 0.0352 e. The van der Waals surface area contributed by atoms with Gasteiger partial charge in [0.2, 0.25) is 0 Å². The molecule has 0 atom stereocenters. The molecule has 1 aliphatic rings. The van der Waals surface area contributed by atoms with Crippen LogP contribution in [0, 0.1) is 6.92 Å². The molecule has 76 valence electrons. The van der Waals surface area contributed by atoms with Crippen molar-refractivity contribution in [1.29, 1.82) is 0 Å². The molecule has 1 aromatic heterocycles. The van der Waals surface area contributed by atoms with Crippen molar-refractivity contribution < 1.29 is 0 Å². The van der Waals surface area contributed by atoms with Gasteiger partial charge in [-0.05, 0) is 44.4 Å². The first kappa shape index (κ1) is 9.17. The first-order valence-corrected chi connectivity index (χ1v) is 6.25. The maximum atomic E-state index is 2.37. The standard InChI is InChI=1S/C14H14S/c1-9-3-5-13-11(7-9)12-8-10(2)4-6-14(12)15-13/h3,5,7-8H,4,6H2,1-2H3. The summed E-state index contributed by atoms with van der Waals surface area (Å²) in [5, 5.41) is 1.45. The molecule has 0 N–H and O–H groups in total. The molecule has 0 unspecified atom stereocenters. The second-order valence-electron chi connectivity index (χ2n) is 4.43. The van der Waals surface area contributed by atoms with Gasteiger partial charge >= 0.3 is 0 Å². The van der Waals surface area contributed by atoms with Crippen LogP contribution < -0.4 is 0 Å². The Morgan fingerprint density at radius 3 is 2.87 bits per heavy atom.